The molecule has 0 radical (unpaired) electrons. The lowest BCUT2D eigenvalue weighted by Gasteiger charge is -2.16. The van der Waals surface area contributed by atoms with Crippen molar-refractivity contribution in [3.8, 4) is 6.07 Å². The number of hydrogen-bond acceptors (Lipinski definition) is 3. The molecule has 2 aromatic rings. The lowest BCUT2D eigenvalue weighted by Crippen LogP contribution is -2.20. The normalized spacial score (nSPS) is 11.4. The molecule has 0 aliphatic carbocycles. The van der Waals surface area contributed by atoms with Gasteiger partial charge in [-0.2, -0.15) is 5.26 Å². The van der Waals surface area contributed by atoms with Crippen molar-refractivity contribution in [3.63, 3.8) is 0 Å². The fraction of sp³-hybridized carbons (Fsp3) is 0.0667. The van der Waals surface area contributed by atoms with Gasteiger partial charge in [-0.3, -0.25) is 0 Å². The van der Waals surface area contributed by atoms with Gasteiger partial charge in [0.1, 0.15) is 5.82 Å². The molecule has 2 N–H and O–H groups in total. The Kier molecular flexibility index (Phi) is 3.96. The van der Waals surface area contributed by atoms with E-state index in [0.29, 0.717) is 16.8 Å². The van der Waals surface area contributed by atoms with E-state index in [0.717, 1.165) is 0 Å². The summed E-state index contributed by atoms with van der Waals surface area (Å²) in [5.41, 5.74) is 1.21. The van der Waals surface area contributed by atoms with Crippen LogP contribution in [0.25, 0.3) is 0 Å². The van der Waals surface area contributed by atoms with E-state index < -0.39 is 17.8 Å². The van der Waals surface area contributed by atoms with Gasteiger partial charge in [0, 0.05) is 5.69 Å². The van der Waals surface area contributed by atoms with Crippen LogP contribution in [0.15, 0.2) is 48.5 Å². The van der Waals surface area contributed by atoms with Crippen molar-refractivity contribution in [1.82, 2.24) is 0 Å². The summed E-state index contributed by atoms with van der Waals surface area (Å²) in [5, 5.41) is 20.8. The number of benzene rings is 2. The number of nitrogens with one attached hydrogen (secondary N) is 1. The SMILES string of the molecule is N#Cc1cccc(NC(C(=O)O)c2cccc(F)c2)c1. The zero-order valence-electron chi connectivity index (χ0n) is 10.4. The molecule has 0 bridgehead atoms. The van der Waals surface area contributed by atoms with Gasteiger partial charge in [-0.1, -0.05) is 18.2 Å². The fourth-order valence-electron chi connectivity index (χ4n) is 1.82. The van der Waals surface area contributed by atoms with Crippen LogP contribution >= 0.6 is 0 Å². The molecule has 0 spiro atoms. The van der Waals surface area contributed by atoms with Crippen molar-refractivity contribution in [2.45, 2.75) is 6.04 Å². The third-order valence-electron chi connectivity index (χ3n) is 2.73. The molecule has 0 aromatic heterocycles. The smallest absolute Gasteiger partial charge is 0.330 e. The van der Waals surface area contributed by atoms with Crippen molar-refractivity contribution in [2.24, 2.45) is 0 Å². The average molecular weight is 270 g/mol. The minimum absolute atomic E-state index is 0.305. The Morgan fingerprint density at radius 2 is 2.00 bits per heavy atom. The molecule has 5 heteroatoms. The maximum Gasteiger partial charge on any atom is 0.330 e. The van der Waals surface area contributed by atoms with E-state index in [4.69, 9.17) is 5.26 Å². The van der Waals surface area contributed by atoms with E-state index in [1.54, 1.807) is 18.2 Å². The molecule has 2 rings (SSSR count). The quantitative estimate of drug-likeness (QED) is 0.895. The molecule has 0 amide bonds. The molecule has 1 unspecified atom stereocenters. The second kappa shape index (κ2) is 5.85. The van der Waals surface area contributed by atoms with Gasteiger partial charge in [-0.15, -0.1) is 0 Å². The highest BCUT2D eigenvalue weighted by Gasteiger charge is 2.20. The largest absolute Gasteiger partial charge is 0.479 e. The number of nitriles is 1. The lowest BCUT2D eigenvalue weighted by atomic mass is 10.1. The van der Waals surface area contributed by atoms with Gasteiger partial charge >= 0.3 is 5.97 Å². The number of hydrogen-bond donors (Lipinski definition) is 2. The second-order valence-electron chi connectivity index (χ2n) is 4.16. The number of halogens is 1. The van der Waals surface area contributed by atoms with Crippen LogP contribution in [0.5, 0.6) is 0 Å². The Labute approximate surface area is 115 Å². The van der Waals surface area contributed by atoms with Gasteiger partial charge in [0.15, 0.2) is 6.04 Å². The van der Waals surface area contributed by atoms with E-state index in [2.05, 4.69) is 5.32 Å². The number of anilines is 1. The first-order valence-electron chi connectivity index (χ1n) is 5.85. The first-order valence-corrected chi connectivity index (χ1v) is 5.85. The standard InChI is InChI=1S/C15H11FN2O2/c16-12-5-2-4-11(8-12)14(15(19)20)18-13-6-1-3-10(7-13)9-17/h1-8,14,18H,(H,19,20). The summed E-state index contributed by atoms with van der Waals surface area (Å²) < 4.78 is 13.2. The highest BCUT2D eigenvalue weighted by atomic mass is 19.1. The summed E-state index contributed by atoms with van der Waals surface area (Å²) in [6, 6.07) is 12.7. The van der Waals surface area contributed by atoms with Crippen molar-refractivity contribution in [1.29, 1.82) is 5.26 Å². The highest BCUT2D eigenvalue weighted by Crippen LogP contribution is 2.21. The number of aliphatic carboxylic acids is 1. The molecular formula is C15H11FN2O2. The van der Waals surface area contributed by atoms with Crippen LogP contribution in [0.3, 0.4) is 0 Å². The third-order valence-corrected chi connectivity index (χ3v) is 2.73. The van der Waals surface area contributed by atoms with E-state index in [1.165, 1.54) is 30.3 Å². The number of carbonyl (C=O) groups is 1. The summed E-state index contributed by atoms with van der Waals surface area (Å²) in [7, 11) is 0. The molecule has 0 heterocycles. The maximum atomic E-state index is 13.2. The van der Waals surface area contributed by atoms with E-state index in [1.807, 2.05) is 6.07 Å². The third kappa shape index (κ3) is 3.12. The Hall–Kier alpha value is -2.87. The molecule has 20 heavy (non-hydrogen) atoms. The zero-order valence-corrected chi connectivity index (χ0v) is 10.4. The van der Waals surface area contributed by atoms with Gasteiger partial charge in [0.05, 0.1) is 11.6 Å². The minimum Gasteiger partial charge on any atom is -0.479 e. The molecule has 1 atom stereocenters. The number of carboxylic acids is 1. The number of carboxylic acid groups (broad SMARTS) is 1. The zero-order chi connectivity index (χ0) is 14.5. The van der Waals surface area contributed by atoms with Crippen LogP contribution in [-0.2, 0) is 4.79 Å². The summed E-state index contributed by atoms with van der Waals surface area (Å²) in [5.74, 6) is -1.63. The molecule has 4 nitrogen and oxygen atoms in total. The van der Waals surface area contributed by atoms with Gasteiger partial charge in [0.25, 0.3) is 0 Å². The summed E-state index contributed by atoms with van der Waals surface area (Å²) in [4.78, 5) is 11.3. The van der Waals surface area contributed by atoms with Crippen LogP contribution in [-0.4, -0.2) is 11.1 Å². The van der Waals surface area contributed by atoms with Crippen molar-refractivity contribution < 1.29 is 14.3 Å². The van der Waals surface area contributed by atoms with Crippen LogP contribution < -0.4 is 5.32 Å². The van der Waals surface area contributed by atoms with Gasteiger partial charge < -0.3 is 10.4 Å². The van der Waals surface area contributed by atoms with Crippen molar-refractivity contribution in [2.75, 3.05) is 5.32 Å². The van der Waals surface area contributed by atoms with Crippen LogP contribution in [0.2, 0.25) is 0 Å². The Balaban J connectivity index is 2.31. The average Bonchev–Trinajstić information content (AvgIpc) is 2.44. The van der Waals surface area contributed by atoms with Gasteiger partial charge in [-0.05, 0) is 35.9 Å². The molecule has 0 saturated carbocycles. The summed E-state index contributed by atoms with van der Waals surface area (Å²) in [6.45, 7) is 0. The maximum absolute atomic E-state index is 13.2. The van der Waals surface area contributed by atoms with Crippen LogP contribution in [0.1, 0.15) is 17.2 Å². The number of rotatable bonds is 4. The Morgan fingerprint density at radius 1 is 1.25 bits per heavy atom. The first kappa shape index (κ1) is 13.6. The Bertz CT molecular complexity index is 680. The minimum atomic E-state index is -1.13. The van der Waals surface area contributed by atoms with Crippen LogP contribution in [0.4, 0.5) is 10.1 Å². The fourth-order valence-corrected chi connectivity index (χ4v) is 1.82. The molecule has 0 aliphatic rings. The van der Waals surface area contributed by atoms with Crippen molar-refractivity contribution in [3.05, 3.63) is 65.5 Å². The molecule has 0 aliphatic heterocycles. The van der Waals surface area contributed by atoms with E-state index >= 15 is 0 Å². The number of nitrogens with zero attached hydrogens (tertiary/aromatic N) is 1. The second-order valence-corrected chi connectivity index (χ2v) is 4.16. The highest BCUT2D eigenvalue weighted by molar-refractivity contribution is 5.79. The summed E-state index contributed by atoms with van der Waals surface area (Å²) >= 11 is 0. The van der Waals surface area contributed by atoms with Gasteiger partial charge in [-0.25, -0.2) is 9.18 Å². The Morgan fingerprint density at radius 3 is 2.65 bits per heavy atom. The molecule has 0 saturated heterocycles. The van der Waals surface area contributed by atoms with Gasteiger partial charge in [0.2, 0.25) is 0 Å². The molecule has 100 valence electrons. The topological polar surface area (TPSA) is 73.1 Å². The van der Waals surface area contributed by atoms with Crippen molar-refractivity contribution >= 4 is 11.7 Å². The molecule has 2 aromatic carbocycles. The first-order chi connectivity index (χ1) is 9.60. The van der Waals surface area contributed by atoms with E-state index in [-0.39, 0.29) is 0 Å². The lowest BCUT2D eigenvalue weighted by molar-refractivity contribution is -0.138. The summed E-state index contributed by atoms with van der Waals surface area (Å²) in [6.07, 6.45) is 0. The molecule has 0 fully saturated rings. The monoisotopic (exact) mass is 270 g/mol. The predicted octanol–water partition coefficient (Wildman–Crippen LogP) is 2.94. The predicted molar refractivity (Wildman–Crippen MR) is 71.6 cm³/mol. The van der Waals surface area contributed by atoms with E-state index in [9.17, 15) is 14.3 Å². The molecular weight excluding hydrogens is 259 g/mol. The van der Waals surface area contributed by atoms with Crippen LogP contribution in [0, 0.1) is 17.1 Å².